The number of nitriles is 1. The summed E-state index contributed by atoms with van der Waals surface area (Å²) in [6.07, 6.45) is 0.628. The van der Waals surface area contributed by atoms with Gasteiger partial charge in [0, 0.05) is 5.92 Å². The fourth-order valence-electron chi connectivity index (χ4n) is 4.92. The van der Waals surface area contributed by atoms with E-state index in [1.807, 2.05) is 43.3 Å². The SMILES string of the molecule is CC[C@H]1OC(c2ccc(C)c(CC#N)c2)[C@H](OCc2ccccc2)[C@@H](OCc2ccccc2)[C@@H]1C. The molecule has 0 amide bonds. The van der Waals surface area contributed by atoms with Gasteiger partial charge in [0.15, 0.2) is 0 Å². The van der Waals surface area contributed by atoms with Crippen molar-refractivity contribution in [2.75, 3.05) is 0 Å². The fourth-order valence-corrected chi connectivity index (χ4v) is 4.92. The molecule has 3 aromatic carbocycles. The quantitative estimate of drug-likeness (QED) is 0.349. The van der Waals surface area contributed by atoms with Crippen LogP contribution in [-0.2, 0) is 33.8 Å². The Morgan fingerprint density at radius 1 is 0.857 bits per heavy atom. The molecule has 1 heterocycles. The molecule has 1 fully saturated rings. The lowest BCUT2D eigenvalue weighted by Crippen LogP contribution is -2.51. The van der Waals surface area contributed by atoms with Crippen LogP contribution in [-0.4, -0.2) is 18.3 Å². The standard InChI is InChI=1S/C31H35NO3/c1-4-28-23(3)29(33-20-24-11-7-5-8-12-24)31(34-21-25-13-9-6-10-14-25)30(35-28)27-16-15-22(2)26(19-27)17-18-32/h5-16,19,23,28-31H,4,17,20-21H2,1-3H3/t23-,28-,29+,30?,31-/m1/s1. The average molecular weight is 470 g/mol. The molecule has 35 heavy (non-hydrogen) atoms. The predicted octanol–water partition coefficient (Wildman–Crippen LogP) is 6.72. The lowest BCUT2D eigenvalue weighted by molar-refractivity contribution is -0.234. The second kappa shape index (κ2) is 12.1. The molecule has 1 aliphatic heterocycles. The molecule has 4 heteroatoms. The summed E-state index contributed by atoms with van der Waals surface area (Å²) in [6, 6.07) is 29.1. The fraction of sp³-hybridized carbons (Fsp3) is 0.387. The number of rotatable bonds is 9. The van der Waals surface area contributed by atoms with Crippen molar-refractivity contribution in [3.8, 4) is 6.07 Å². The molecule has 0 spiro atoms. The summed E-state index contributed by atoms with van der Waals surface area (Å²) in [4.78, 5) is 0. The third kappa shape index (κ3) is 6.18. The number of nitrogens with zero attached hydrogens (tertiary/aromatic N) is 1. The first-order valence-corrected chi connectivity index (χ1v) is 12.5. The van der Waals surface area contributed by atoms with E-state index in [1.54, 1.807) is 0 Å². The molecule has 4 nitrogen and oxygen atoms in total. The maximum absolute atomic E-state index is 9.32. The highest BCUT2D eigenvalue weighted by molar-refractivity contribution is 5.35. The van der Waals surface area contributed by atoms with Gasteiger partial charge < -0.3 is 14.2 Å². The summed E-state index contributed by atoms with van der Waals surface area (Å²) in [7, 11) is 0. The maximum Gasteiger partial charge on any atom is 0.115 e. The van der Waals surface area contributed by atoms with Crippen LogP contribution in [0.1, 0.15) is 54.2 Å². The minimum atomic E-state index is -0.283. The molecule has 0 saturated carbocycles. The number of ether oxygens (including phenoxy) is 3. The summed E-state index contributed by atoms with van der Waals surface area (Å²) in [5.74, 6) is 0.171. The van der Waals surface area contributed by atoms with Gasteiger partial charge in [-0.25, -0.2) is 0 Å². The van der Waals surface area contributed by atoms with E-state index in [2.05, 4.69) is 62.4 Å². The summed E-state index contributed by atoms with van der Waals surface area (Å²) in [5, 5.41) is 9.32. The molecule has 3 aromatic rings. The molecular weight excluding hydrogens is 434 g/mol. The van der Waals surface area contributed by atoms with Gasteiger partial charge in [-0.2, -0.15) is 5.26 Å². The van der Waals surface area contributed by atoms with Gasteiger partial charge in [0.05, 0.1) is 37.9 Å². The second-order valence-corrected chi connectivity index (χ2v) is 9.41. The Morgan fingerprint density at radius 2 is 1.46 bits per heavy atom. The number of hydrogen-bond donors (Lipinski definition) is 0. The molecule has 0 bridgehead atoms. The summed E-state index contributed by atoms with van der Waals surface area (Å²) in [6.45, 7) is 7.42. The highest BCUT2D eigenvalue weighted by Gasteiger charge is 2.45. The monoisotopic (exact) mass is 469 g/mol. The van der Waals surface area contributed by atoms with E-state index in [4.69, 9.17) is 14.2 Å². The number of aryl methyl sites for hydroxylation is 1. The first kappa shape index (κ1) is 25.1. The minimum absolute atomic E-state index is 0.0538. The summed E-state index contributed by atoms with van der Waals surface area (Å²) >= 11 is 0. The Balaban J connectivity index is 1.66. The average Bonchev–Trinajstić information content (AvgIpc) is 2.89. The smallest absolute Gasteiger partial charge is 0.115 e. The molecule has 1 aliphatic rings. The lowest BCUT2D eigenvalue weighted by atomic mass is 9.83. The summed E-state index contributed by atoms with van der Waals surface area (Å²) < 4.78 is 19.9. The normalized spacial score (nSPS) is 24.1. The molecule has 1 saturated heterocycles. The molecule has 0 N–H and O–H groups in total. The van der Waals surface area contributed by atoms with Crippen molar-refractivity contribution in [2.24, 2.45) is 5.92 Å². The Labute approximate surface area is 209 Å². The van der Waals surface area contributed by atoms with Crippen LogP contribution in [0.2, 0.25) is 0 Å². The highest BCUT2D eigenvalue weighted by Crippen LogP contribution is 2.40. The van der Waals surface area contributed by atoms with E-state index in [0.29, 0.717) is 19.6 Å². The Kier molecular flexibility index (Phi) is 8.71. The molecule has 5 atom stereocenters. The van der Waals surface area contributed by atoms with Crippen molar-refractivity contribution >= 4 is 0 Å². The Bertz CT molecular complexity index is 1110. The number of benzene rings is 3. The zero-order chi connectivity index (χ0) is 24.6. The van der Waals surface area contributed by atoms with Crippen molar-refractivity contribution in [3.63, 3.8) is 0 Å². The molecule has 0 radical (unpaired) electrons. The maximum atomic E-state index is 9.32. The van der Waals surface area contributed by atoms with E-state index in [-0.39, 0.29) is 30.3 Å². The molecule has 182 valence electrons. The molecule has 4 rings (SSSR count). The van der Waals surface area contributed by atoms with Crippen LogP contribution in [0.4, 0.5) is 0 Å². The van der Waals surface area contributed by atoms with Crippen LogP contribution in [0.3, 0.4) is 0 Å². The van der Waals surface area contributed by atoms with E-state index in [0.717, 1.165) is 34.2 Å². The third-order valence-corrected chi connectivity index (χ3v) is 6.99. The largest absolute Gasteiger partial charge is 0.370 e. The van der Waals surface area contributed by atoms with E-state index < -0.39 is 0 Å². The van der Waals surface area contributed by atoms with Gasteiger partial charge >= 0.3 is 0 Å². The third-order valence-electron chi connectivity index (χ3n) is 6.99. The van der Waals surface area contributed by atoms with Crippen molar-refractivity contribution < 1.29 is 14.2 Å². The van der Waals surface area contributed by atoms with Crippen LogP contribution in [0.5, 0.6) is 0 Å². The molecule has 1 unspecified atom stereocenters. The summed E-state index contributed by atoms with van der Waals surface area (Å²) in [5.41, 5.74) is 5.45. The van der Waals surface area contributed by atoms with Gasteiger partial charge in [0.1, 0.15) is 12.2 Å². The number of hydrogen-bond acceptors (Lipinski definition) is 4. The van der Waals surface area contributed by atoms with E-state index >= 15 is 0 Å². The van der Waals surface area contributed by atoms with Crippen molar-refractivity contribution in [1.82, 2.24) is 0 Å². The van der Waals surface area contributed by atoms with Crippen molar-refractivity contribution in [3.05, 3.63) is 107 Å². The minimum Gasteiger partial charge on any atom is -0.370 e. The van der Waals surface area contributed by atoms with Gasteiger partial charge in [-0.15, -0.1) is 0 Å². The van der Waals surface area contributed by atoms with Crippen LogP contribution >= 0.6 is 0 Å². The molecule has 0 aliphatic carbocycles. The second-order valence-electron chi connectivity index (χ2n) is 9.41. The van der Waals surface area contributed by atoms with Gasteiger partial charge in [-0.05, 0) is 41.2 Å². The van der Waals surface area contributed by atoms with Crippen LogP contribution in [0.25, 0.3) is 0 Å². The first-order chi connectivity index (χ1) is 17.1. The first-order valence-electron chi connectivity index (χ1n) is 12.5. The zero-order valence-corrected chi connectivity index (χ0v) is 20.9. The Hall–Kier alpha value is -2.97. The van der Waals surface area contributed by atoms with E-state index in [1.165, 1.54) is 0 Å². The van der Waals surface area contributed by atoms with Crippen LogP contribution in [0, 0.1) is 24.2 Å². The van der Waals surface area contributed by atoms with Crippen LogP contribution in [0.15, 0.2) is 78.9 Å². The molecular formula is C31H35NO3. The van der Waals surface area contributed by atoms with E-state index in [9.17, 15) is 5.26 Å². The van der Waals surface area contributed by atoms with Crippen molar-refractivity contribution in [1.29, 1.82) is 5.26 Å². The van der Waals surface area contributed by atoms with Crippen LogP contribution < -0.4 is 0 Å². The topological polar surface area (TPSA) is 51.5 Å². The van der Waals surface area contributed by atoms with Gasteiger partial charge in [0.25, 0.3) is 0 Å². The Morgan fingerprint density at radius 3 is 2.03 bits per heavy atom. The zero-order valence-electron chi connectivity index (χ0n) is 20.9. The van der Waals surface area contributed by atoms with Gasteiger partial charge in [0.2, 0.25) is 0 Å². The molecule has 0 aromatic heterocycles. The van der Waals surface area contributed by atoms with Gasteiger partial charge in [-0.1, -0.05) is 92.7 Å². The predicted molar refractivity (Wildman–Crippen MR) is 138 cm³/mol. The highest BCUT2D eigenvalue weighted by atomic mass is 16.6. The lowest BCUT2D eigenvalue weighted by Gasteiger charge is -2.46. The van der Waals surface area contributed by atoms with Crippen molar-refractivity contribution in [2.45, 2.75) is 71.2 Å². The van der Waals surface area contributed by atoms with Gasteiger partial charge in [-0.3, -0.25) is 0 Å².